The van der Waals surface area contributed by atoms with Crippen LogP contribution in [0.25, 0.3) is 0 Å². The van der Waals surface area contributed by atoms with E-state index in [-0.39, 0.29) is 18.3 Å². The molecule has 0 saturated heterocycles. The quantitative estimate of drug-likeness (QED) is 0.703. The molecule has 0 aromatic heterocycles. The van der Waals surface area contributed by atoms with Gasteiger partial charge in [-0.2, -0.15) is 0 Å². The first kappa shape index (κ1) is 13.6. The molecule has 0 atom stereocenters. The molecule has 0 aliphatic rings. The van der Waals surface area contributed by atoms with Crippen LogP contribution in [0.5, 0.6) is 0 Å². The fraction of sp³-hybridized carbons (Fsp3) is 1.00. The molecular formula is C9H21IO3. The monoisotopic (exact) mass is 304 g/mol. The summed E-state index contributed by atoms with van der Waals surface area (Å²) < 4.78 is 16.8. The maximum atomic E-state index is 5.58. The Morgan fingerprint density at radius 2 is 0.846 bits per heavy atom. The van der Waals surface area contributed by atoms with Crippen molar-refractivity contribution in [1.82, 2.24) is 0 Å². The number of halogens is 1. The summed E-state index contributed by atoms with van der Waals surface area (Å²) in [4.78, 5) is 0. The summed E-state index contributed by atoms with van der Waals surface area (Å²) in [6, 6.07) is 0. The van der Waals surface area contributed by atoms with Gasteiger partial charge in [0.2, 0.25) is 0 Å². The van der Waals surface area contributed by atoms with E-state index in [4.69, 9.17) is 9.20 Å². The molecule has 0 aliphatic carbocycles. The van der Waals surface area contributed by atoms with Crippen LogP contribution < -0.4 is 0 Å². The predicted octanol–water partition coefficient (Wildman–Crippen LogP) is 3.51. The fourth-order valence-electron chi connectivity index (χ4n) is 0.499. The van der Waals surface area contributed by atoms with E-state index in [1.165, 1.54) is 0 Å². The Hall–Kier alpha value is 0.610. The van der Waals surface area contributed by atoms with Gasteiger partial charge < -0.3 is 0 Å². The van der Waals surface area contributed by atoms with Crippen LogP contribution in [0.2, 0.25) is 0 Å². The summed E-state index contributed by atoms with van der Waals surface area (Å²) in [5, 5.41) is 0. The van der Waals surface area contributed by atoms with Crippen LogP contribution >= 0.6 is 21.1 Å². The van der Waals surface area contributed by atoms with Gasteiger partial charge in [0.15, 0.2) is 0 Å². The number of hydrogen-bond donors (Lipinski definition) is 0. The first-order chi connectivity index (χ1) is 5.91. The Labute approximate surface area is 90.2 Å². The van der Waals surface area contributed by atoms with Crippen molar-refractivity contribution in [2.24, 2.45) is 0 Å². The van der Waals surface area contributed by atoms with Gasteiger partial charge in [0.1, 0.15) is 0 Å². The normalized spacial score (nSPS) is 13.2. The maximum absolute atomic E-state index is 5.58. The molecule has 4 heteroatoms. The Bertz CT molecular complexity index is 102. The summed E-state index contributed by atoms with van der Waals surface area (Å²) in [6.07, 6.45) is 0.549. The van der Waals surface area contributed by atoms with Crippen LogP contribution in [0.15, 0.2) is 0 Å². The second kappa shape index (κ2) is 6.98. The van der Waals surface area contributed by atoms with E-state index in [2.05, 4.69) is 0 Å². The standard InChI is InChI=1S/C9H21IO3/c1-7(2)11-10(12-8(3)4)13-9(5)6/h7-9H,1-6H3. The van der Waals surface area contributed by atoms with Gasteiger partial charge >= 0.3 is 90.1 Å². The van der Waals surface area contributed by atoms with Crippen LogP contribution in [0, 0.1) is 0 Å². The number of rotatable bonds is 6. The van der Waals surface area contributed by atoms with Crippen LogP contribution in [-0.2, 0) is 9.20 Å². The Morgan fingerprint density at radius 3 is 1.00 bits per heavy atom. The summed E-state index contributed by atoms with van der Waals surface area (Å²) in [5.74, 6) is 0. The fourth-order valence-corrected chi connectivity index (χ4v) is 3.35. The van der Waals surface area contributed by atoms with Gasteiger partial charge in [-0.05, 0) is 0 Å². The van der Waals surface area contributed by atoms with Gasteiger partial charge in [-0.3, -0.25) is 0 Å². The summed E-state index contributed by atoms with van der Waals surface area (Å²) in [5.41, 5.74) is 0. The van der Waals surface area contributed by atoms with E-state index in [9.17, 15) is 0 Å². The summed E-state index contributed by atoms with van der Waals surface area (Å²) in [6.45, 7) is 12.0. The summed E-state index contributed by atoms with van der Waals surface area (Å²) in [7, 11) is 0. The predicted molar refractivity (Wildman–Crippen MR) is 62.7 cm³/mol. The van der Waals surface area contributed by atoms with Crippen molar-refractivity contribution in [1.29, 1.82) is 0 Å². The molecule has 0 N–H and O–H groups in total. The second-order valence-electron chi connectivity index (χ2n) is 3.60. The molecule has 0 aliphatic heterocycles. The van der Waals surface area contributed by atoms with E-state index in [1.54, 1.807) is 0 Å². The van der Waals surface area contributed by atoms with Crippen molar-refractivity contribution in [3.8, 4) is 0 Å². The molecule has 0 radical (unpaired) electrons. The van der Waals surface area contributed by atoms with Crippen molar-refractivity contribution in [3.05, 3.63) is 0 Å². The Kier molecular flexibility index (Phi) is 7.30. The van der Waals surface area contributed by atoms with E-state index in [1.807, 2.05) is 41.5 Å². The molecule has 0 heterocycles. The zero-order valence-corrected chi connectivity index (χ0v) is 11.5. The molecule has 0 saturated carbocycles. The Morgan fingerprint density at radius 1 is 0.615 bits per heavy atom. The van der Waals surface area contributed by atoms with E-state index in [0.29, 0.717) is 0 Å². The first-order valence-electron chi connectivity index (χ1n) is 4.63. The van der Waals surface area contributed by atoms with Crippen molar-refractivity contribution < 1.29 is 9.20 Å². The molecular weight excluding hydrogens is 283 g/mol. The van der Waals surface area contributed by atoms with Crippen molar-refractivity contribution in [3.63, 3.8) is 0 Å². The number of hydrogen-bond acceptors (Lipinski definition) is 3. The minimum absolute atomic E-state index is 0.183. The van der Waals surface area contributed by atoms with Crippen molar-refractivity contribution in [2.75, 3.05) is 0 Å². The first-order valence-corrected chi connectivity index (χ1v) is 7.28. The Balaban J connectivity index is 3.87. The van der Waals surface area contributed by atoms with Crippen LogP contribution in [0.1, 0.15) is 41.5 Å². The van der Waals surface area contributed by atoms with Crippen molar-refractivity contribution >= 4 is 21.1 Å². The average Bonchev–Trinajstić information content (AvgIpc) is 1.80. The molecule has 0 rings (SSSR count). The zero-order valence-electron chi connectivity index (χ0n) is 9.33. The molecule has 0 aromatic rings. The molecule has 13 heavy (non-hydrogen) atoms. The van der Waals surface area contributed by atoms with Crippen LogP contribution in [0.4, 0.5) is 0 Å². The molecule has 82 valence electrons. The molecule has 0 amide bonds. The van der Waals surface area contributed by atoms with Crippen molar-refractivity contribution in [2.45, 2.75) is 59.9 Å². The zero-order chi connectivity index (χ0) is 10.4. The van der Waals surface area contributed by atoms with Crippen LogP contribution in [-0.4, -0.2) is 18.3 Å². The summed E-state index contributed by atoms with van der Waals surface area (Å²) >= 11 is -2.08. The van der Waals surface area contributed by atoms with Gasteiger partial charge in [0.25, 0.3) is 0 Å². The van der Waals surface area contributed by atoms with Gasteiger partial charge in [-0.1, -0.05) is 0 Å². The third kappa shape index (κ3) is 8.93. The molecule has 3 nitrogen and oxygen atoms in total. The molecule has 0 unspecified atom stereocenters. The van der Waals surface area contributed by atoms with Gasteiger partial charge in [-0.15, -0.1) is 0 Å². The van der Waals surface area contributed by atoms with Gasteiger partial charge in [0, 0.05) is 0 Å². The second-order valence-corrected chi connectivity index (χ2v) is 6.21. The molecule has 0 bridgehead atoms. The molecule has 0 fully saturated rings. The third-order valence-electron chi connectivity index (χ3n) is 0.753. The van der Waals surface area contributed by atoms with E-state index >= 15 is 0 Å². The topological polar surface area (TPSA) is 27.7 Å². The van der Waals surface area contributed by atoms with Crippen LogP contribution in [0.3, 0.4) is 0 Å². The van der Waals surface area contributed by atoms with Gasteiger partial charge in [0.05, 0.1) is 0 Å². The van der Waals surface area contributed by atoms with Gasteiger partial charge in [-0.25, -0.2) is 0 Å². The molecule has 0 aromatic carbocycles. The SMILES string of the molecule is CC(C)OI(OC(C)C)OC(C)C. The van der Waals surface area contributed by atoms with E-state index < -0.39 is 21.1 Å². The molecule has 0 spiro atoms. The van der Waals surface area contributed by atoms with E-state index in [0.717, 1.165) is 0 Å². The minimum atomic E-state index is -2.08. The average molecular weight is 304 g/mol. The third-order valence-corrected chi connectivity index (χ3v) is 5.05.